The van der Waals surface area contributed by atoms with Crippen LogP contribution in [-0.4, -0.2) is 26.1 Å². The van der Waals surface area contributed by atoms with E-state index in [9.17, 15) is 14.4 Å². The summed E-state index contributed by atoms with van der Waals surface area (Å²) in [7, 11) is 0. The van der Waals surface area contributed by atoms with Crippen LogP contribution in [0.4, 0.5) is 0 Å². The van der Waals surface area contributed by atoms with Crippen molar-refractivity contribution < 1.29 is 19.1 Å². The summed E-state index contributed by atoms with van der Waals surface area (Å²) in [6.07, 6.45) is 0.973. The average molecular weight is 385 g/mol. The summed E-state index contributed by atoms with van der Waals surface area (Å²) >= 11 is 0. The van der Waals surface area contributed by atoms with E-state index in [1.165, 1.54) is 6.07 Å². The Bertz CT molecular complexity index is 1070. The van der Waals surface area contributed by atoms with Crippen molar-refractivity contribution in [2.45, 2.75) is 46.3 Å². The van der Waals surface area contributed by atoms with Gasteiger partial charge >= 0.3 is 11.7 Å². The van der Waals surface area contributed by atoms with Crippen LogP contribution in [-0.2, 0) is 24.4 Å². The smallest absolute Gasteiger partial charge is 0.339 e. The lowest BCUT2D eigenvalue weighted by molar-refractivity contribution is -0.121. The normalized spacial score (nSPS) is 11.1. The van der Waals surface area contributed by atoms with Crippen LogP contribution in [0.25, 0.3) is 11.0 Å². The van der Waals surface area contributed by atoms with Crippen LogP contribution >= 0.6 is 0 Å². The minimum atomic E-state index is -1.07. The van der Waals surface area contributed by atoms with E-state index in [1.807, 2.05) is 31.2 Å². The van der Waals surface area contributed by atoms with Crippen LogP contribution in [0.15, 0.2) is 39.5 Å². The van der Waals surface area contributed by atoms with Crippen LogP contribution in [0.3, 0.4) is 0 Å². The third-order valence-electron chi connectivity index (χ3n) is 4.59. The molecule has 1 amide bonds. The zero-order valence-electron chi connectivity index (χ0n) is 15.9. The van der Waals surface area contributed by atoms with Crippen molar-refractivity contribution in [1.82, 2.24) is 14.5 Å². The number of carbonyl (C=O) groups excluding carboxylic acids is 1. The Balaban J connectivity index is 1.67. The first-order valence-corrected chi connectivity index (χ1v) is 9.19. The fourth-order valence-corrected chi connectivity index (χ4v) is 3.26. The number of rotatable bonds is 8. The number of aromatic carboxylic acids is 1. The van der Waals surface area contributed by atoms with Gasteiger partial charge < -0.3 is 14.8 Å². The Morgan fingerprint density at radius 2 is 1.79 bits per heavy atom. The number of hydrogen-bond acceptors (Lipinski definition) is 4. The van der Waals surface area contributed by atoms with Crippen LogP contribution in [0.1, 0.15) is 41.6 Å². The molecule has 8 heteroatoms. The van der Waals surface area contributed by atoms with Gasteiger partial charge in [-0.25, -0.2) is 9.59 Å². The molecule has 0 atom stereocenters. The Morgan fingerprint density at radius 3 is 2.36 bits per heavy atom. The zero-order chi connectivity index (χ0) is 20.3. The van der Waals surface area contributed by atoms with Gasteiger partial charge in [-0.2, -0.15) is 0 Å². The molecule has 0 bridgehead atoms. The first-order valence-electron chi connectivity index (χ1n) is 9.19. The van der Waals surface area contributed by atoms with Crippen molar-refractivity contribution in [2.75, 3.05) is 0 Å². The first-order chi connectivity index (χ1) is 13.4. The number of carboxylic acid groups (broad SMARTS) is 1. The van der Waals surface area contributed by atoms with Gasteiger partial charge in [-0.05, 0) is 31.5 Å². The minimum Gasteiger partial charge on any atom is -0.478 e. The van der Waals surface area contributed by atoms with Gasteiger partial charge in [0.25, 0.3) is 0 Å². The number of benzene rings is 1. The highest BCUT2D eigenvalue weighted by molar-refractivity contribution is 5.88. The summed E-state index contributed by atoms with van der Waals surface area (Å²) in [5.41, 5.74) is 1.63. The van der Waals surface area contributed by atoms with E-state index in [0.29, 0.717) is 18.1 Å². The highest BCUT2D eigenvalue weighted by Crippen LogP contribution is 2.15. The van der Waals surface area contributed by atoms with E-state index in [0.717, 1.165) is 17.5 Å². The van der Waals surface area contributed by atoms with Crippen molar-refractivity contribution in [3.63, 3.8) is 0 Å². The summed E-state index contributed by atoms with van der Waals surface area (Å²) in [6.45, 7) is 4.56. The molecule has 0 saturated carbocycles. The largest absolute Gasteiger partial charge is 0.478 e. The molecule has 0 aliphatic heterocycles. The number of furan rings is 1. The molecule has 0 radical (unpaired) electrons. The summed E-state index contributed by atoms with van der Waals surface area (Å²) in [6, 6.07) is 8.94. The molecule has 0 spiro atoms. The van der Waals surface area contributed by atoms with Gasteiger partial charge in [-0.1, -0.05) is 19.1 Å². The second-order valence-corrected chi connectivity index (χ2v) is 6.59. The SMILES string of the molecule is CCCn1c(=O)n(CCC(=O)NCc2cc(C(=O)O)c(C)o2)c2ccccc21. The Labute approximate surface area is 161 Å². The molecule has 2 heterocycles. The molecule has 2 aromatic heterocycles. The number of amides is 1. The number of imidazole rings is 1. The van der Waals surface area contributed by atoms with Crippen LogP contribution in [0.5, 0.6) is 0 Å². The number of carbonyl (C=O) groups is 2. The number of aromatic nitrogens is 2. The molecular formula is C20H23N3O5. The molecule has 8 nitrogen and oxygen atoms in total. The highest BCUT2D eigenvalue weighted by atomic mass is 16.4. The lowest BCUT2D eigenvalue weighted by atomic mass is 10.2. The quantitative estimate of drug-likeness (QED) is 0.620. The summed E-state index contributed by atoms with van der Waals surface area (Å²) in [4.78, 5) is 35.9. The molecule has 2 N–H and O–H groups in total. The lowest BCUT2D eigenvalue weighted by Crippen LogP contribution is -2.28. The topological polar surface area (TPSA) is 106 Å². The van der Waals surface area contributed by atoms with Gasteiger partial charge in [0.05, 0.1) is 17.6 Å². The zero-order valence-corrected chi connectivity index (χ0v) is 15.9. The molecule has 1 aromatic carbocycles. The van der Waals surface area contributed by atoms with Crippen LogP contribution in [0, 0.1) is 6.92 Å². The van der Waals surface area contributed by atoms with Gasteiger partial charge in [0, 0.05) is 19.5 Å². The molecule has 0 fully saturated rings. The molecule has 28 heavy (non-hydrogen) atoms. The number of nitrogens with one attached hydrogen (secondary N) is 1. The molecule has 3 aromatic rings. The maximum atomic E-state index is 12.7. The van der Waals surface area contributed by atoms with Crippen LogP contribution < -0.4 is 11.0 Å². The standard InChI is InChI=1S/C20H23N3O5/c1-3-9-22-16-6-4-5-7-17(16)23(20(22)27)10-8-18(24)21-12-14-11-15(19(25)26)13(2)28-14/h4-7,11H,3,8-10,12H2,1-2H3,(H,21,24)(H,25,26). The van der Waals surface area contributed by atoms with Gasteiger partial charge in [-0.15, -0.1) is 0 Å². The van der Waals surface area contributed by atoms with Crippen LogP contribution in [0.2, 0.25) is 0 Å². The predicted molar refractivity (Wildman–Crippen MR) is 103 cm³/mol. The molecular weight excluding hydrogens is 362 g/mol. The van der Waals surface area contributed by atoms with E-state index in [1.54, 1.807) is 16.1 Å². The van der Waals surface area contributed by atoms with E-state index >= 15 is 0 Å². The van der Waals surface area contributed by atoms with Crippen molar-refractivity contribution >= 4 is 22.9 Å². The fourth-order valence-electron chi connectivity index (χ4n) is 3.26. The Kier molecular flexibility index (Phi) is 5.67. The van der Waals surface area contributed by atoms with Gasteiger partial charge in [0.1, 0.15) is 17.1 Å². The van der Waals surface area contributed by atoms with Gasteiger partial charge in [-0.3, -0.25) is 13.9 Å². The van der Waals surface area contributed by atoms with E-state index in [2.05, 4.69) is 5.32 Å². The summed E-state index contributed by atoms with van der Waals surface area (Å²) in [5.74, 6) is -0.640. The lowest BCUT2D eigenvalue weighted by Gasteiger charge is -2.05. The van der Waals surface area contributed by atoms with Crippen molar-refractivity contribution in [3.8, 4) is 0 Å². The number of hydrogen-bond donors (Lipinski definition) is 2. The Hall–Kier alpha value is -3.29. The molecule has 0 unspecified atom stereocenters. The molecule has 0 aliphatic carbocycles. The van der Waals surface area contributed by atoms with E-state index < -0.39 is 5.97 Å². The second-order valence-electron chi connectivity index (χ2n) is 6.59. The number of nitrogens with zero attached hydrogens (tertiary/aromatic N) is 2. The maximum Gasteiger partial charge on any atom is 0.339 e. The van der Waals surface area contributed by atoms with Crippen molar-refractivity contribution in [3.05, 3.63) is 57.9 Å². The molecule has 148 valence electrons. The second kappa shape index (κ2) is 8.16. The highest BCUT2D eigenvalue weighted by Gasteiger charge is 2.15. The predicted octanol–water partition coefficient (Wildman–Crippen LogP) is 2.52. The Morgan fingerprint density at radius 1 is 1.14 bits per heavy atom. The van der Waals surface area contributed by atoms with Gasteiger partial charge in [0.2, 0.25) is 5.91 Å². The summed E-state index contributed by atoms with van der Waals surface area (Å²) in [5, 5.41) is 11.7. The first kappa shape index (κ1) is 19.5. The third kappa shape index (κ3) is 3.85. The van der Waals surface area contributed by atoms with E-state index in [4.69, 9.17) is 9.52 Å². The van der Waals surface area contributed by atoms with Crippen molar-refractivity contribution in [1.29, 1.82) is 0 Å². The number of para-hydroxylation sites is 2. The molecule has 0 aliphatic rings. The maximum absolute atomic E-state index is 12.7. The number of aryl methyl sites for hydroxylation is 3. The molecule has 3 rings (SSSR count). The number of fused-ring (bicyclic) bond motifs is 1. The molecule has 0 saturated heterocycles. The third-order valence-corrected chi connectivity index (χ3v) is 4.59. The van der Waals surface area contributed by atoms with Crippen molar-refractivity contribution in [2.24, 2.45) is 0 Å². The average Bonchev–Trinajstić information content (AvgIpc) is 3.17. The minimum absolute atomic E-state index is 0.0829. The van der Waals surface area contributed by atoms with E-state index in [-0.39, 0.29) is 36.7 Å². The summed E-state index contributed by atoms with van der Waals surface area (Å²) < 4.78 is 8.69. The monoisotopic (exact) mass is 385 g/mol. The fraction of sp³-hybridized carbons (Fsp3) is 0.350. The van der Waals surface area contributed by atoms with Gasteiger partial charge in [0.15, 0.2) is 0 Å². The number of carboxylic acids is 1.